The maximum atomic E-state index is 13.1. The fraction of sp³-hybridized carbons (Fsp3) is 0.471. The quantitative estimate of drug-likeness (QED) is 0.780. The Morgan fingerprint density at radius 1 is 1.24 bits per heavy atom. The van der Waals surface area contributed by atoms with E-state index < -0.39 is 0 Å². The molecule has 2 atom stereocenters. The predicted octanol–water partition coefficient (Wildman–Crippen LogP) is 2.35. The van der Waals surface area contributed by atoms with E-state index in [-0.39, 0.29) is 23.9 Å². The summed E-state index contributed by atoms with van der Waals surface area (Å²) in [6.45, 7) is 5.17. The van der Waals surface area contributed by atoms with E-state index in [9.17, 15) is 9.18 Å². The van der Waals surface area contributed by atoms with Crippen LogP contribution in [-0.4, -0.2) is 56.6 Å². The van der Waals surface area contributed by atoms with Gasteiger partial charge >= 0.3 is 0 Å². The number of hydrogen-bond acceptors (Lipinski definition) is 5. The van der Waals surface area contributed by atoms with E-state index in [1.165, 1.54) is 23.9 Å². The van der Waals surface area contributed by atoms with Crippen molar-refractivity contribution in [2.24, 2.45) is 7.05 Å². The summed E-state index contributed by atoms with van der Waals surface area (Å²) in [7, 11) is 1.84. The van der Waals surface area contributed by atoms with Gasteiger partial charge in [-0.25, -0.2) is 4.39 Å². The Kier molecular flexibility index (Phi) is 5.39. The van der Waals surface area contributed by atoms with Crippen molar-refractivity contribution in [1.82, 2.24) is 19.7 Å². The smallest absolute Gasteiger partial charge is 0.233 e. The molecule has 1 fully saturated rings. The van der Waals surface area contributed by atoms with Gasteiger partial charge in [0.2, 0.25) is 5.91 Å². The van der Waals surface area contributed by atoms with Crippen molar-refractivity contribution < 1.29 is 13.9 Å². The van der Waals surface area contributed by atoms with Gasteiger partial charge in [0.25, 0.3) is 0 Å². The third-order valence-electron chi connectivity index (χ3n) is 4.03. The molecule has 0 spiro atoms. The van der Waals surface area contributed by atoms with Crippen molar-refractivity contribution in [3.8, 4) is 11.4 Å². The summed E-state index contributed by atoms with van der Waals surface area (Å²) in [5.74, 6) is 0.719. The monoisotopic (exact) mass is 364 g/mol. The summed E-state index contributed by atoms with van der Waals surface area (Å²) in [5, 5.41) is 8.96. The van der Waals surface area contributed by atoms with E-state index in [1.54, 1.807) is 12.1 Å². The highest BCUT2D eigenvalue weighted by Crippen LogP contribution is 2.23. The number of benzene rings is 1. The molecule has 0 aliphatic carbocycles. The molecule has 134 valence electrons. The number of amides is 1. The molecule has 1 aliphatic heterocycles. The van der Waals surface area contributed by atoms with E-state index in [2.05, 4.69) is 10.2 Å². The number of hydrogen-bond donors (Lipinski definition) is 0. The molecular formula is C17H21FN4O2S. The van der Waals surface area contributed by atoms with Crippen molar-refractivity contribution >= 4 is 17.7 Å². The van der Waals surface area contributed by atoms with Crippen LogP contribution in [0.1, 0.15) is 13.8 Å². The second kappa shape index (κ2) is 7.53. The summed E-state index contributed by atoms with van der Waals surface area (Å²) in [6, 6.07) is 6.10. The Morgan fingerprint density at radius 3 is 2.52 bits per heavy atom. The normalized spacial score (nSPS) is 20.7. The van der Waals surface area contributed by atoms with E-state index >= 15 is 0 Å². The largest absolute Gasteiger partial charge is 0.372 e. The Hall–Kier alpha value is -1.93. The summed E-state index contributed by atoms with van der Waals surface area (Å²) in [4.78, 5) is 14.3. The van der Waals surface area contributed by atoms with Crippen molar-refractivity contribution in [3.63, 3.8) is 0 Å². The van der Waals surface area contributed by atoms with Gasteiger partial charge in [-0.2, -0.15) is 0 Å². The predicted molar refractivity (Wildman–Crippen MR) is 93.7 cm³/mol. The maximum Gasteiger partial charge on any atom is 0.233 e. The van der Waals surface area contributed by atoms with Crippen molar-refractivity contribution in [3.05, 3.63) is 30.1 Å². The Balaban J connectivity index is 1.64. The van der Waals surface area contributed by atoms with E-state index in [1.807, 2.05) is 30.4 Å². The Bertz CT molecular complexity index is 740. The molecule has 1 saturated heterocycles. The van der Waals surface area contributed by atoms with Gasteiger partial charge in [0.05, 0.1) is 18.0 Å². The molecule has 0 bridgehead atoms. The molecule has 8 heteroatoms. The number of rotatable bonds is 4. The van der Waals surface area contributed by atoms with Gasteiger partial charge < -0.3 is 14.2 Å². The van der Waals surface area contributed by atoms with Gasteiger partial charge in [-0.3, -0.25) is 4.79 Å². The lowest BCUT2D eigenvalue weighted by Crippen LogP contribution is -2.48. The SMILES string of the molecule is C[C@@H]1CN(C(=O)CSc2nnc(-c3ccc(F)cc3)n2C)C[C@@H](C)O1. The Labute approximate surface area is 150 Å². The van der Waals surface area contributed by atoms with Crippen molar-refractivity contribution in [1.29, 1.82) is 0 Å². The van der Waals surface area contributed by atoms with Crippen molar-refractivity contribution in [2.75, 3.05) is 18.8 Å². The number of morpholine rings is 1. The molecule has 2 aromatic rings. The number of nitrogens with zero attached hydrogens (tertiary/aromatic N) is 4. The molecule has 3 rings (SSSR count). The molecule has 1 aliphatic rings. The number of halogens is 1. The molecule has 2 heterocycles. The third-order valence-corrected chi connectivity index (χ3v) is 5.04. The van der Waals surface area contributed by atoms with Crippen LogP contribution in [-0.2, 0) is 16.6 Å². The molecule has 0 N–H and O–H groups in total. The van der Waals surface area contributed by atoms with Crippen LogP contribution in [0.15, 0.2) is 29.4 Å². The molecule has 1 aromatic carbocycles. The Morgan fingerprint density at radius 2 is 1.88 bits per heavy atom. The number of ether oxygens (including phenoxy) is 1. The second-order valence-electron chi connectivity index (χ2n) is 6.22. The summed E-state index contributed by atoms with van der Waals surface area (Å²) >= 11 is 1.35. The zero-order chi connectivity index (χ0) is 18.0. The standard InChI is InChI=1S/C17H21FN4O2S/c1-11-8-22(9-12(2)24-11)15(23)10-25-17-20-19-16(21(17)3)13-4-6-14(18)7-5-13/h4-7,11-12H,8-10H2,1-3H3/t11-,12-/m1/s1. The highest BCUT2D eigenvalue weighted by Gasteiger charge is 2.26. The van der Waals surface area contributed by atoms with Crippen LogP contribution in [0.4, 0.5) is 4.39 Å². The molecule has 1 amide bonds. The molecule has 1 aromatic heterocycles. The minimum Gasteiger partial charge on any atom is -0.372 e. The zero-order valence-electron chi connectivity index (χ0n) is 14.5. The van der Waals surface area contributed by atoms with E-state index in [0.29, 0.717) is 29.8 Å². The van der Waals surface area contributed by atoms with Gasteiger partial charge in [0.1, 0.15) is 5.82 Å². The highest BCUT2D eigenvalue weighted by atomic mass is 32.2. The van der Waals surface area contributed by atoms with Crippen LogP contribution >= 0.6 is 11.8 Å². The summed E-state index contributed by atoms with van der Waals surface area (Å²) in [5.41, 5.74) is 0.783. The lowest BCUT2D eigenvalue weighted by atomic mass is 10.2. The third kappa shape index (κ3) is 4.19. The van der Waals surface area contributed by atoms with Crippen molar-refractivity contribution in [2.45, 2.75) is 31.2 Å². The molecule has 0 radical (unpaired) electrons. The van der Waals surface area contributed by atoms with Gasteiger partial charge in [0.15, 0.2) is 11.0 Å². The van der Waals surface area contributed by atoms with E-state index in [4.69, 9.17) is 4.74 Å². The minimum atomic E-state index is -0.292. The van der Waals surface area contributed by atoms with E-state index in [0.717, 1.165) is 5.56 Å². The molecule has 25 heavy (non-hydrogen) atoms. The minimum absolute atomic E-state index is 0.0533. The molecule has 0 unspecified atom stereocenters. The number of thioether (sulfide) groups is 1. The average Bonchev–Trinajstić information content (AvgIpc) is 2.93. The van der Waals surface area contributed by atoms with Gasteiger partial charge in [-0.05, 0) is 38.1 Å². The van der Waals surface area contributed by atoms with Gasteiger partial charge in [-0.15, -0.1) is 10.2 Å². The topological polar surface area (TPSA) is 60.2 Å². The average molecular weight is 364 g/mol. The second-order valence-corrected chi connectivity index (χ2v) is 7.16. The fourth-order valence-corrected chi connectivity index (χ4v) is 3.70. The first-order valence-corrected chi connectivity index (χ1v) is 9.14. The summed E-state index contributed by atoms with van der Waals surface area (Å²) < 4.78 is 20.5. The number of aromatic nitrogens is 3. The fourth-order valence-electron chi connectivity index (χ4n) is 2.89. The van der Waals surface area contributed by atoms with Gasteiger partial charge in [-0.1, -0.05) is 11.8 Å². The van der Waals surface area contributed by atoms with Crippen LogP contribution in [0.25, 0.3) is 11.4 Å². The lowest BCUT2D eigenvalue weighted by Gasteiger charge is -2.35. The first-order chi connectivity index (χ1) is 11.9. The summed E-state index contributed by atoms with van der Waals surface area (Å²) in [6.07, 6.45) is 0.107. The van der Waals surface area contributed by atoms with Gasteiger partial charge in [0, 0.05) is 25.7 Å². The highest BCUT2D eigenvalue weighted by molar-refractivity contribution is 7.99. The first-order valence-electron chi connectivity index (χ1n) is 8.15. The number of carbonyl (C=O) groups is 1. The molecule has 0 saturated carbocycles. The van der Waals surface area contributed by atoms with Crippen LogP contribution < -0.4 is 0 Å². The molecular weight excluding hydrogens is 343 g/mol. The lowest BCUT2D eigenvalue weighted by molar-refractivity contribution is -0.140. The van der Waals surface area contributed by atoms with Crippen LogP contribution in [0.5, 0.6) is 0 Å². The van der Waals surface area contributed by atoms with Crippen LogP contribution in [0.2, 0.25) is 0 Å². The maximum absolute atomic E-state index is 13.1. The zero-order valence-corrected chi connectivity index (χ0v) is 15.3. The molecule has 6 nitrogen and oxygen atoms in total. The van der Waals surface area contributed by atoms with Crippen LogP contribution in [0, 0.1) is 5.82 Å². The first kappa shape index (κ1) is 17.9. The van der Waals surface area contributed by atoms with Crippen LogP contribution in [0.3, 0.4) is 0 Å². The number of carbonyl (C=O) groups excluding carboxylic acids is 1.